The molecule has 0 unspecified atom stereocenters. The molecule has 1 saturated heterocycles. The summed E-state index contributed by atoms with van der Waals surface area (Å²) in [5, 5.41) is 0. The summed E-state index contributed by atoms with van der Waals surface area (Å²) < 4.78 is 0.454. The quantitative estimate of drug-likeness (QED) is 0.851. The number of benzene rings is 1. The summed E-state index contributed by atoms with van der Waals surface area (Å²) in [6.45, 7) is 8.35. The molecular weight excluding hydrogens is 240 g/mol. The maximum Gasteiger partial charge on any atom is 0.0314 e. The molecule has 1 heterocycles. The SMILES string of the molecule is CC1(C)CCN(CCc2ccc(N)cc2)CCS1. The van der Waals surface area contributed by atoms with E-state index in [2.05, 4.69) is 42.6 Å². The van der Waals surface area contributed by atoms with Gasteiger partial charge in [0, 0.05) is 29.3 Å². The molecule has 0 bridgehead atoms. The molecule has 0 aliphatic carbocycles. The Morgan fingerprint density at radius 3 is 2.67 bits per heavy atom. The molecule has 2 N–H and O–H groups in total. The van der Waals surface area contributed by atoms with Crippen molar-refractivity contribution in [3.05, 3.63) is 29.8 Å². The van der Waals surface area contributed by atoms with Crippen LogP contribution >= 0.6 is 11.8 Å². The number of rotatable bonds is 3. The van der Waals surface area contributed by atoms with Gasteiger partial charge in [-0.1, -0.05) is 26.0 Å². The maximum atomic E-state index is 5.70. The zero-order valence-corrected chi connectivity index (χ0v) is 12.3. The summed E-state index contributed by atoms with van der Waals surface area (Å²) in [5.41, 5.74) is 7.95. The van der Waals surface area contributed by atoms with Crippen LogP contribution in [0.3, 0.4) is 0 Å². The van der Waals surface area contributed by atoms with Gasteiger partial charge >= 0.3 is 0 Å². The van der Waals surface area contributed by atoms with E-state index in [1.54, 1.807) is 0 Å². The van der Waals surface area contributed by atoms with E-state index in [1.165, 1.54) is 37.4 Å². The first-order valence-corrected chi connectivity index (χ1v) is 7.74. The minimum absolute atomic E-state index is 0.454. The van der Waals surface area contributed by atoms with Crippen molar-refractivity contribution in [2.24, 2.45) is 0 Å². The van der Waals surface area contributed by atoms with E-state index in [9.17, 15) is 0 Å². The highest BCUT2D eigenvalue weighted by atomic mass is 32.2. The lowest BCUT2D eigenvalue weighted by atomic mass is 10.1. The van der Waals surface area contributed by atoms with Crippen molar-refractivity contribution in [2.75, 3.05) is 31.1 Å². The third-order valence-corrected chi connectivity index (χ3v) is 5.00. The van der Waals surface area contributed by atoms with Crippen LogP contribution in [0.25, 0.3) is 0 Å². The van der Waals surface area contributed by atoms with Crippen LogP contribution in [-0.4, -0.2) is 35.0 Å². The zero-order chi connectivity index (χ0) is 13.0. The fourth-order valence-electron chi connectivity index (χ4n) is 2.26. The van der Waals surface area contributed by atoms with E-state index in [0.717, 1.165) is 12.1 Å². The fourth-order valence-corrected chi connectivity index (χ4v) is 3.40. The highest BCUT2D eigenvalue weighted by Gasteiger charge is 2.23. The van der Waals surface area contributed by atoms with E-state index in [-0.39, 0.29) is 0 Å². The number of nitrogen functional groups attached to an aromatic ring is 1. The summed E-state index contributed by atoms with van der Waals surface area (Å²) in [6.07, 6.45) is 2.42. The molecular formula is C15H24N2S. The highest BCUT2D eigenvalue weighted by molar-refractivity contribution is 8.00. The minimum atomic E-state index is 0.454. The minimum Gasteiger partial charge on any atom is -0.399 e. The third kappa shape index (κ3) is 4.21. The number of thioether (sulfide) groups is 1. The van der Waals surface area contributed by atoms with Gasteiger partial charge in [0.1, 0.15) is 0 Å². The summed E-state index contributed by atoms with van der Waals surface area (Å²) in [6, 6.07) is 8.28. The van der Waals surface area contributed by atoms with Gasteiger partial charge in [0.15, 0.2) is 0 Å². The lowest BCUT2D eigenvalue weighted by Crippen LogP contribution is -2.29. The summed E-state index contributed by atoms with van der Waals surface area (Å²) >= 11 is 2.11. The third-order valence-electron chi connectivity index (χ3n) is 3.63. The average molecular weight is 264 g/mol. The molecule has 0 amide bonds. The molecule has 1 aliphatic heterocycles. The smallest absolute Gasteiger partial charge is 0.0314 e. The van der Waals surface area contributed by atoms with Crippen LogP contribution in [0, 0.1) is 0 Å². The van der Waals surface area contributed by atoms with Crippen molar-refractivity contribution < 1.29 is 0 Å². The monoisotopic (exact) mass is 264 g/mol. The van der Waals surface area contributed by atoms with Crippen molar-refractivity contribution in [3.63, 3.8) is 0 Å². The van der Waals surface area contributed by atoms with Gasteiger partial charge in [-0.15, -0.1) is 0 Å². The molecule has 3 heteroatoms. The fraction of sp³-hybridized carbons (Fsp3) is 0.600. The normalized spacial score (nSPS) is 20.6. The zero-order valence-electron chi connectivity index (χ0n) is 11.5. The van der Waals surface area contributed by atoms with Crippen LogP contribution in [0.5, 0.6) is 0 Å². The van der Waals surface area contributed by atoms with Gasteiger partial charge in [-0.05, 0) is 37.1 Å². The molecule has 1 fully saturated rings. The van der Waals surface area contributed by atoms with E-state index < -0.39 is 0 Å². The van der Waals surface area contributed by atoms with E-state index in [1.807, 2.05) is 12.1 Å². The van der Waals surface area contributed by atoms with Crippen LogP contribution in [0.1, 0.15) is 25.8 Å². The van der Waals surface area contributed by atoms with Crippen molar-refractivity contribution in [1.29, 1.82) is 0 Å². The van der Waals surface area contributed by atoms with Gasteiger partial charge in [-0.25, -0.2) is 0 Å². The van der Waals surface area contributed by atoms with E-state index in [4.69, 9.17) is 5.73 Å². The second-order valence-corrected chi connectivity index (χ2v) is 7.49. The molecule has 1 aromatic carbocycles. The molecule has 100 valence electrons. The molecule has 0 saturated carbocycles. The Hall–Kier alpha value is -0.670. The van der Waals surface area contributed by atoms with Crippen molar-refractivity contribution >= 4 is 17.4 Å². The molecule has 0 spiro atoms. The molecule has 0 atom stereocenters. The van der Waals surface area contributed by atoms with Gasteiger partial charge in [0.05, 0.1) is 0 Å². The highest BCUT2D eigenvalue weighted by Crippen LogP contribution is 2.30. The van der Waals surface area contributed by atoms with Crippen LogP contribution in [0.2, 0.25) is 0 Å². The lowest BCUT2D eigenvalue weighted by Gasteiger charge is -2.22. The second kappa shape index (κ2) is 5.98. The Balaban J connectivity index is 1.81. The van der Waals surface area contributed by atoms with Crippen LogP contribution in [0.15, 0.2) is 24.3 Å². The van der Waals surface area contributed by atoms with Gasteiger partial charge < -0.3 is 10.6 Å². The lowest BCUT2D eigenvalue weighted by molar-refractivity contribution is 0.288. The van der Waals surface area contributed by atoms with Crippen LogP contribution < -0.4 is 5.73 Å². The standard InChI is InChI=1S/C15H24N2S/c1-15(2)8-10-17(11-12-18-15)9-7-13-3-5-14(16)6-4-13/h3-6H,7-12,16H2,1-2H3. The van der Waals surface area contributed by atoms with Gasteiger partial charge in [0.25, 0.3) is 0 Å². The number of nitrogens with zero attached hydrogens (tertiary/aromatic N) is 1. The predicted molar refractivity (Wildman–Crippen MR) is 82.2 cm³/mol. The Kier molecular flexibility index (Phi) is 4.57. The summed E-state index contributed by atoms with van der Waals surface area (Å²) in [4.78, 5) is 2.60. The van der Waals surface area contributed by atoms with Gasteiger partial charge in [0.2, 0.25) is 0 Å². The van der Waals surface area contributed by atoms with E-state index >= 15 is 0 Å². The first kappa shape index (κ1) is 13.8. The molecule has 1 aromatic rings. The molecule has 2 nitrogen and oxygen atoms in total. The average Bonchev–Trinajstić information content (AvgIpc) is 2.50. The van der Waals surface area contributed by atoms with Crippen LogP contribution in [-0.2, 0) is 6.42 Å². The number of hydrogen-bond donors (Lipinski definition) is 1. The Labute approximate surface area is 115 Å². The molecule has 18 heavy (non-hydrogen) atoms. The second-order valence-electron chi connectivity index (χ2n) is 5.69. The van der Waals surface area contributed by atoms with Crippen molar-refractivity contribution in [3.8, 4) is 0 Å². The van der Waals surface area contributed by atoms with Gasteiger partial charge in [-0.2, -0.15) is 11.8 Å². The summed E-state index contributed by atoms with van der Waals surface area (Å²) in [7, 11) is 0. The molecule has 0 radical (unpaired) electrons. The largest absolute Gasteiger partial charge is 0.399 e. The van der Waals surface area contributed by atoms with Crippen molar-refractivity contribution in [2.45, 2.75) is 31.4 Å². The first-order chi connectivity index (χ1) is 8.55. The Morgan fingerprint density at radius 1 is 1.22 bits per heavy atom. The Morgan fingerprint density at radius 2 is 1.94 bits per heavy atom. The topological polar surface area (TPSA) is 29.3 Å². The number of anilines is 1. The number of hydrogen-bond acceptors (Lipinski definition) is 3. The molecule has 0 aromatic heterocycles. The molecule has 1 aliphatic rings. The molecule has 2 rings (SSSR count). The van der Waals surface area contributed by atoms with Crippen molar-refractivity contribution in [1.82, 2.24) is 4.90 Å². The summed E-state index contributed by atoms with van der Waals surface area (Å²) in [5.74, 6) is 1.26. The first-order valence-electron chi connectivity index (χ1n) is 6.76. The Bertz CT molecular complexity index is 373. The van der Waals surface area contributed by atoms with Crippen LogP contribution in [0.4, 0.5) is 5.69 Å². The number of nitrogens with two attached hydrogens (primary N) is 1. The predicted octanol–water partition coefficient (Wildman–Crippen LogP) is 3.03. The maximum absolute atomic E-state index is 5.70. The van der Waals surface area contributed by atoms with E-state index in [0.29, 0.717) is 4.75 Å². The van der Waals surface area contributed by atoms with Gasteiger partial charge in [-0.3, -0.25) is 0 Å².